The molecule has 0 amide bonds. The van der Waals surface area contributed by atoms with Crippen LogP contribution in [0.5, 0.6) is 11.5 Å². The van der Waals surface area contributed by atoms with Crippen molar-refractivity contribution in [1.82, 2.24) is 4.98 Å². The van der Waals surface area contributed by atoms with Crippen molar-refractivity contribution < 1.29 is 19.0 Å². The molecular weight excluding hydrogens is 500 g/mol. The van der Waals surface area contributed by atoms with Gasteiger partial charge in [0.2, 0.25) is 0 Å². The van der Waals surface area contributed by atoms with E-state index >= 15 is 0 Å². The number of aromatic nitrogens is 1. The van der Waals surface area contributed by atoms with E-state index in [1.807, 2.05) is 79.0 Å². The van der Waals surface area contributed by atoms with E-state index in [1.165, 1.54) is 5.56 Å². The molecule has 6 nitrogen and oxygen atoms in total. The van der Waals surface area contributed by atoms with Crippen LogP contribution in [0.25, 0.3) is 0 Å². The quantitative estimate of drug-likeness (QED) is 0.142. The Morgan fingerprint density at radius 1 is 0.921 bits per heavy atom. The Hall–Kier alpha value is -4.03. The lowest BCUT2D eigenvalue weighted by atomic mass is 10.1. The molecule has 0 N–H and O–H groups in total. The zero-order valence-corrected chi connectivity index (χ0v) is 22.4. The van der Waals surface area contributed by atoms with Gasteiger partial charge >= 0.3 is 5.97 Å². The summed E-state index contributed by atoms with van der Waals surface area (Å²) in [7, 11) is 1.63. The minimum Gasteiger partial charge on any atom is -0.493 e. The summed E-state index contributed by atoms with van der Waals surface area (Å²) in [5.41, 5.74) is 4.47. The third kappa shape index (κ3) is 7.26. The van der Waals surface area contributed by atoms with E-state index in [-0.39, 0.29) is 5.97 Å². The Morgan fingerprint density at radius 2 is 1.74 bits per heavy atom. The summed E-state index contributed by atoms with van der Waals surface area (Å²) in [6.07, 6.45) is 5.31. The van der Waals surface area contributed by atoms with Crippen molar-refractivity contribution in [2.45, 2.75) is 26.3 Å². The molecule has 0 radical (unpaired) electrons. The number of aryl methyl sites for hydroxylation is 1. The molecule has 3 aromatic carbocycles. The summed E-state index contributed by atoms with van der Waals surface area (Å²) >= 11 is 5.99. The first kappa shape index (κ1) is 27.0. The van der Waals surface area contributed by atoms with Crippen LogP contribution in [0.1, 0.15) is 34.8 Å². The van der Waals surface area contributed by atoms with Crippen molar-refractivity contribution in [3.05, 3.63) is 113 Å². The van der Waals surface area contributed by atoms with Gasteiger partial charge < -0.3 is 19.1 Å². The summed E-state index contributed by atoms with van der Waals surface area (Å²) in [6, 6.07) is 25.1. The molecule has 0 saturated carbocycles. The number of pyridine rings is 1. The van der Waals surface area contributed by atoms with Crippen LogP contribution in [0.4, 0.5) is 11.4 Å². The first-order valence-corrected chi connectivity index (χ1v) is 12.9. The SMILES string of the molecule is CCOC(=O)c1cccc(N(Cc2cccnc2)c2ccc(OC)c(OCCCc3ccc(Cl)cc3)c2)c1. The molecule has 4 aromatic rings. The minimum absolute atomic E-state index is 0.319. The van der Waals surface area contributed by atoms with Crippen LogP contribution in [0, 0.1) is 0 Å². The fourth-order valence-electron chi connectivity index (χ4n) is 4.08. The van der Waals surface area contributed by atoms with E-state index in [0.717, 1.165) is 34.8 Å². The van der Waals surface area contributed by atoms with Gasteiger partial charge in [-0.15, -0.1) is 0 Å². The number of esters is 1. The smallest absolute Gasteiger partial charge is 0.338 e. The second-order valence-electron chi connectivity index (χ2n) is 8.63. The normalized spacial score (nSPS) is 10.6. The first-order valence-electron chi connectivity index (χ1n) is 12.6. The lowest BCUT2D eigenvalue weighted by molar-refractivity contribution is 0.0526. The van der Waals surface area contributed by atoms with Crippen molar-refractivity contribution in [1.29, 1.82) is 0 Å². The summed E-state index contributed by atoms with van der Waals surface area (Å²) in [5.74, 6) is 0.954. The number of ether oxygens (including phenoxy) is 3. The number of hydrogen-bond donors (Lipinski definition) is 0. The standard InChI is InChI=1S/C31H31ClN2O4/c1-3-37-31(35)25-9-4-10-27(19-25)34(22-24-7-5-17-33-21-24)28-15-16-29(36-2)30(20-28)38-18-6-8-23-11-13-26(32)14-12-23/h4-5,7,9-17,19-21H,3,6,8,18,22H2,1-2H3. The fraction of sp³-hybridized carbons (Fsp3) is 0.226. The van der Waals surface area contributed by atoms with Gasteiger partial charge in [-0.2, -0.15) is 0 Å². The van der Waals surface area contributed by atoms with Crippen molar-refractivity contribution in [3.63, 3.8) is 0 Å². The highest BCUT2D eigenvalue weighted by Gasteiger charge is 2.16. The average Bonchev–Trinajstić information content (AvgIpc) is 2.95. The Morgan fingerprint density at radius 3 is 2.47 bits per heavy atom. The molecule has 0 atom stereocenters. The molecule has 0 aliphatic heterocycles. The van der Waals surface area contributed by atoms with Crippen molar-refractivity contribution in [2.24, 2.45) is 0 Å². The van der Waals surface area contributed by atoms with Gasteiger partial charge in [0.25, 0.3) is 0 Å². The minimum atomic E-state index is -0.352. The van der Waals surface area contributed by atoms with Crippen LogP contribution < -0.4 is 14.4 Å². The molecule has 1 aromatic heterocycles. The molecule has 0 bridgehead atoms. The Kier molecular flexibility index (Phi) is 9.59. The third-order valence-electron chi connectivity index (χ3n) is 5.97. The second kappa shape index (κ2) is 13.5. The zero-order valence-electron chi connectivity index (χ0n) is 21.6. The molecule has 196 valence electrons. The Bertz CT molecular complexity index is 1330. The number of carbonyl (C=O) groups excluding carboxylic acids is 1. The van der Waals surface area contributed by atoms with Gasteiger partial charge in [0.15, 0.2) is 11.5 Å². The van der Waals surface area contributed by atoms with E-state index in [9.17, 15) is 4.79 Å². The van der Waals surface area contributed by atoms with Crippen LogP contribution in [0.2, 0.25) is 5.02 Å². The maximum absolute atomic E-state index is 12.4. The third-order valence-corrected chi connectivity index (χ3v) is 6.22. The number of carbonyl (C=O) groups is 1. The highest BCUT2D eigenvalue weighted by Crippen LogP contribution is 2.36. The van der Waals surface area contributed by atoms with E-state index in [4.69, 9.17) is 25.8 Å². The molecule has 0 fully saturated rings. The van der Waals surface area contributed by atoms with E-state index in [1.54, 1.807) is 26.3 Å². The van der Waals surface area contributed by atoms with Crippen LogP contribution in [-0.2, 0) is 17.7 Å². The average molecular weight is 531 g/mol. The van der Waals surface area contributed by atoms with Crippen molar-refractivity contribution in [2.75, 3.05) is 25.2 Å². The van der Waals surface area contributed by atoms with Crippen LogP contribution in [-0.4, -0.2) is 31.3 Å². The van der Waals surface area contributed by atoms with E-state index < -0.39 is 0 Å². The number of anilines is 2. The zero-order chi connectivity index (χ0) is 26.7. The van der Waals surface area contributed by atoms with Gasteiger partial charge in [-0.05, 0) is 79.4 Å². The van der Waals surface area contributed by atoms with Gasteiger partial charge in [0, 0.05) is 41.4 Å². The molecule has 7 heteroatoms. The summed E-state index contributed by atoms with van der Waals surface area (Å²) in [4.78, 5) is 18.8. The molecule has 0 aliphatic rings. The van der Waals surface area contributed by atoms with Gasteiger partial charge in [0.1, 0.15) is 0 Å². The predicted octanol–water partition coefficient (Wildman–Crippen LogP) is 7.27. The number of methoxy groups -OCH3 is 1. The Balaban J connectivity index is 1.58. The summed E-state index contributed by atoms with van der Waals surface area (Å²) in [5, 5.41) is 0.732. The fourth-order valence-corrected chi connectivity index (χ4v) is 4.20. The van der Waals surface area contributed by atoms with E-state index in [2.05, 4.69) is 9.88 Å². The van der Waals surface area contributed by atoms with Gasteiger partial charge in [-0.1, -0.05) is 35.9 Å². The molecule has 0 spiro atoms. The molecule has 0 unspecified atom stereocenters. The summed E-state index contributed by atoms with van der Waals surface area (Å²) in [6.45, 7) is 3.19. The number of hydrogen-bond acceptors (Lipinski definition) is 6. The maximum atomic E-state index is 12.4. The highest BCUT2D eigenvalue weighted by molar-refractivity contribution is 6.30. The van der Waals surface area contributed by atoms with Gasteiger partial charge in [0.05, 0.1) is 25.9 Å². The molecular formula is C31H31ClN2O4. The molecule has 0 aliphatic carbocycles. The molecule has 0 saturated heterocycles. The monoisotopic (exact) mass is 530 g/mol. The predicted molar refractivity (Wildman–Crippen MR) is 151 cm³/mol. The highest BCUT2D eigenvalue weighted by atomic mass is 35.5. The van der Waals surface area contributed by atoms with E-state index in [0.29, 0.717) is 36.8 Å². The van der Waals surface area contributed by atoms with Crippen LogP contribution in [0.3, 0.4) is 0 Å². The second-order valence-corrected chi connectivity index (χ2v) is 9.07. The lowest BCUT2D eigenvalue weighted by Crippen LogP contribution is -2.17. The number of nitrogens with zero attached hydrogens (tertiary/aromatic N) is 2. The molecule has 1 heterocycles. The first-order chi connectivity index (χ1) is 18.6. The number of halogens is 1. The topological polar surface area (TPSA) is 60.9 Å². The number of benzene rings is 3. The lowest BCUT2D eigenvalue weighted by Gasteiger charge is -2.26. The van der Waals surface area contributed by atoms with Crippen molar-refractivity contribution in [3.8, 4) is 11.5 Å². The van der Waals surface area contributed by atoms with Crippen molar-refractivity contribution >= 4 is 28.9 Å². The van der Waals surface area contributed by atoms with Gasteiger partial charge in [-0.3, -0.25) is 4.98 Å². The van der Waals surface area contributed by atoms with Crippen LogP contribution in [0.15, 0.2) is 91.3 Å². The number of rotatable bonds is 12. The van der Waals surface area contributed by atoms with Gasteiger partial charge in [-0.25, -0.2) is 4.79 Å². The molecule has 4 rings (SSSR count). The van der Waals surface area contributed by atoms with Crippen LogP contribution >= 0.6 is 11.6 Å². The molecule has 38 heavy (non-hydrogen) atoms. The Labute approximate surface area is 228 Å². The summed E-state index contributed by atoms with van der Waals surface area (Å²) < 4.78 is 17.0. The maximum Gasteiger partial charge on any atom is 0.338 e. The largest absolute Gasteiger partial charge is 0.493 e.